The molecule has 3 aromatic carbocycles. The molecule has 0 radical (unpaired) electrons. The number of carbonyl (C=O) groups is 1. The van der Waals surface area contributed by atoms with Crippen molar-refractivity contribution in [2.45, 2.75) is 108 Å². The highest BCUT2D eigenvalue weighted by molar-refractivity contribution is 7.99. The molecule has 4 aliphatic carbocycles. The van der Waals surface area contributed by atoms with Crippen LogP contribution in [0.2, 0.25) is 0 Å². The van der Waals surface area contributed by atoms with Crippen LogP contribution < -0.4 is 14.9 Å². The van der Waals surface area contributed by atoms with E-state index >= 15 is 0 Å². The Hall–Kier alpha value is -3.31. The quantitative estimate of drug-likeness (QED) is 0.0970. The zero-order valence-electron chi connectivity index (χ0n) is 35.9. The molecular weight excluding hydrogens is 759 g/mol. The van der Waals surface area contributed by atoms with Gasteiger partial charge in [-0.2, -0.15) is 0 Å². The molecule has 1 saturated heterocycles. The third-order valence-corrected chi connectivity index (χ3v) is 16.3. The fourth-order valence-electron chi connectivity index (χ4n) is 10.2. The van der Waals surface area contributed by atoms with Gasteiger partial charge < -0.3 is 15.1 Å². The molecule has 314 valence electrons. The Bertz CT molecular complexity index is 2020. The van der Waals surface area contributed by atoms with Crippen LogP contribution in [-0.2, 0) is 10.0 Å². The topological polar surface area (TPSA) is 85.0 Å². The van der Waals surface area contributed by atoms with Crippen molar-refractivity contribution >= 4 is 39.1 Å². The van der Waals surface area contributed by atoms with Crippen LogP contribution in [0.25, 0.3) is 0 Å². The SMILES string of the molecule is CCCN(C)CC[C@H](CSc1ccccc1)Nc1ccc(S(=O)(=O)NC(=O)c2ccc(N3CCN(CC4=C(C56CC(CC)(C5)C6)CC(C)(C)CC4)CC3)cc2)cc1C. The number of nitrogens with zero attached hydrogens (tertiary/aromatic N) is 3. The van der Waals surface area contributed by atoms with Crippen LogP contribution in [0.4, 0.5) is 11.4 Å². The number of hydrogen-bond donors (Lipinski definition) is 2. The first-order valence-electron chi connectivity index (χ1n) is 21.8. The van der Waals surface area contributed by atoms with Crippen LogP contribution in [-0.4, -0.2) is 88.8 Å². The molecule has 1 aliphatic heterocycles. The molecule has 8 nitrogen and oxygen atoms in total. The van der Waals surface area contributed by atoms with Crippen molar-refractivity contribution in [2.24, 2.45) is 16.2 Å². The molecule has 8 rings (SSSR count). The summed E-state index contributed by atoms with van der Waals surface area (Å²) in [6, 6.07) is 23.0. The number of amides is 1. The Morgan fingerprint density at radius 2 is 1.64 bits per heavy atom. The summed E-state index contributed by atoms with van der Waals surface area (Å²) in [7, 11) is -1.92. The molecule has 0 aromatic heterocycles. The number of nitrogens with one attached hydrogen (secondary N) is 2. The average Bonchev–Trinajstić information content (AvgIpc) is 3.17. The van der Waals surface area contributed by atoms with E-state index in [9.17, 15) is 13.2 Å². The minimum absolute atomic E-state index is 0.0743. The summed E-state index contributed by atoms with van der Waals surface area (Å²) in [5, 5.41) is 3.69. The summed E-state index contributed by atoms with van der Waals surface area (Å²) in [4.78, 5) is 22.0. The zero-order chi connectivity index (χ0) is 41.1. The van der Waals surface area contributed by atoms with Crippen molar-refractivity contribution < 1.29 is 13.2 Å². The van der Waals surface area contributed by atoms with E-state index in [1.165, 1.54) is 49.8 Å². The van der Waals surface area contributed by atoms with Crippen molar-refractivity contribution in [1.29, 1.82) is 0 Å². The Morgan fingerprint density at radius 1 is 0.931 bits per heavy atom. The normalized spacial score (nSPS) is 23.6. The summed E-state index contributed by atoms with van der Waals surface area (Å²) in [5.74, 6) is 0.255. The summed E-state index contributed by atoms with van der Waals surface area (Å²) in [6.07, 6.45) is 11.5. The number of allylic oxidation sites excluding steroid dienone is 1. The predicted molar refractivity (Wildman–Crippen MR) is 242 cm³/mol. The van der Waals surface area contributed by atoms with E-state index in [1.807, 2.05) is 48.5 Å². The van der Waals surface area contributed by atoms with Gasteiger partial charge >= 0.3 is 0 Å². The minimum Gasteiger partial charge on any atom is -0.381 e. The van der Waals surface area contributed by atoms with Crippen LogP contribution in [0.3, 0.4) is 0 Å². The molecule has 0 spiro atoms. The Labute approximate surface area is 353 Å². The highest BCUT2D eigenvalue weighted by Crippen LogP contribution is 2.79. The second-order valence-electron chi connectivity index (χ2n) is 18.9. The Balaban J connectivity index is 0.922. The van der Waals surface area contributed by atoms with Gasteiger partial charge in [-0.25, -0.2) is 13.1 Å². The Kier molecular flexibility index (Phi) is 13.1. The van der Waals surface area contributed by atoms with Crippen LogP contribution in [0.5, 0.6) is 0 Å². The molecule has 2 N–H and O–H groups in total. The monoisotopic (exact) mass is 825 g/mol. The van der Waals surface area contributed by atoms with Gasteiger partial charge in [0.2, 0.25) is 0 Å². The summed E-state index contributed by atoms with van der Waals surface area (Å²) in [5.41, 5.74) is 8.28. The van der Waals surface area contributed by atoms with Crippen molar-refractivity contribution in [3.05, 3.63) is 95.1 Å². The molecule has 4 fully saturated rings. The van der Waals surface area contributed by atoms with Gasteiger partial charge in [-0.1, -0.05) is 63.5 Å². The summed E-state index contributed by atoms with van der Waals surface area (Å²) < 4.78 is 29.3. The maximum atomic E-state index is 13.5. The molecule has 3 aromatic rings. The molecule has 2 bridgehead atoms. The lowest BCUT2D eigenvalue weighted by molar-refractivity contribution is -0.182. The number of aryl methyl sites for hydroxylation is 1. The summed E-state index contributed by atoms with van der Waals surface area (Å²) >= 11 is 1.82. The maximum absolute atomic E-state index is 13.5. The lowest BCUT2D eigenvalue weighted by atomic mass is 9.31. The molecule has 1 amide bonds. The van der Waals surface area contributed by atoms with Gasteiger partial charge in [0.25, 0.3) is 15.9 Å². The molecule has 3 saturated carbocycles. The van der Waals surface area contributed by atoms with Crippen molar-refractivity contribution in [1.82, 2.24) is 14.5 Å². The lowest BCUT2D eigenvalue weighted by Crippen LogP contribution is -2.63. The van der Waals surface area contributed by atoms with Gasteiger partial charge in [-0.3, -0.25) is 9.69 Å². The largest absolute Gasteiger partial charge is 0.381 e. The minimum atomic E-state index is -4.08. The average molecular weight is 826 g/mol. The van der Waals surface area contributed by atoms with Crippen LogP contribution in [0.15, 0.2) is 93.7 Å². The fraction of sp³-hybridized carbons (Fsp3) is 0.562. The van der Waals surface area contributed by atoms with Gasteiger partial charge in [0.15, 0.2) is 0 Å². The van der Waals surface area contributed by atoms with E-state index in [2.05, 4.69) is 83.7 Å². The van der Waals surface area contributed by atoms with Gasteiger partial charge in [-0.05, 0) is 155 Å². The van der Waals surface area contributed by atoms with E-state index in [0.29, 0.717) is 21.8 Å². The number of carbonyl (C=O) groups excluding carboxylic acids is 1. The second-order valence-corrected chi connectivity index (χ2v) is 21.6. The number of sulfonamides is 1. The van der Waals surface area contributed by atoms with Gasteiger partial charge in [0.05, 0.1) is 4.90 Å². The van der Waals surface area contributed by atoms with E-state index in [0.717, 1.165) is 81.3 Å². The van der Waals surface area contributed by atoms with Gasteiger partial charge in [0, 0.05) is 66.4 Å². The summed E-state index contributed by atoms with van der Waals surface area (Å²) in [6.45, 7) is 18.5. The molecule has 58 heavy (non-hydrogen) atoms. The van der Waals surface area contributed by atoms with Crippen LogP contribution in [0, 0.1) is 23.2 Å². The highest BCUT2D eigenvalue weighted by atomic mass is 32.2. The standard InChI is InChI=1S/C48H67N5O3S2/c1-7-23-51(6)24-21-39(32-57-41-12-10-9-11-13-41)49-44-19-18-42(29-36(44)3)58(55,56)50-45(54)37-14-16-40(17-15-37)53-27-25-52(26-28-53)31-38-20-22-46(4,5)30-43(38)48-33-47(8-2,34-48)35-48/h9-19,29,39,49H,7-8,20-28,30-35H2,1-6H3,(H,50,54)/t39-,47?,48?/m1/s1. The first-order chi connectivity index (χ1) is 27.7. The number of rotatable bonds is 18. The molecular formula is C48H67N5O3S2. The molecule has 1 atom stereocenters. The van der Waals surface area contributed by atoms with Crippen LogP contribution in [0.1, 0.15) is 101 Å². The number of hydrogen-bond acceptors (Lipinski definition) is 8. The lowest BCUT2D eigenvalue weighted by Gasteiger charge is -2.73. The predicted octanol–water partition coefficient (Wildman–Crippen LogP) is 9.63. The van der Waals surface area contributed by atoms with Gasteiger partial charge in [0.1, 0.15) is 0 Å². The number of anilines is 2. The highest BCUT2D eigenvalue weighted by Gasteiger charge is 2.68. The van der Waals surface area contributed by atoms with E-state index in [-0.39, 0.29) is 10.9 Å². The van der Waals surface area contributed by atoms with E-state index in [4.69, 9.17) is 0 Å². The molecule has 0 unspecified atom stereocenters. The third kappa shape index (κ3) is 9.83. The van der Waals surface area contributed by atoms with E-state index in [1.54, 1.807) is 29.8 Å². The fourth-order valence-corrected chi connectivity index (χ4v) is 12.3. The number of benzene rings is 3. The molecule has 5 aliphatic rings. The van der Waals surface area contributed by atoms with E-state index < -0.39 is 15.9 Å². The van der Waals surface area contributed by atoms with Gasteiger partial charge in [-0.15, -0.1) is 11.8 Å². The maximum Gasteiger partial charge on any atom is 0.264 e. The first kappa shape index (κ1) is 42.8. The smallest absolute Gasteiger partial charge is 0.264 e. The first-order valence-corrected chi connectivity index (χ1v) is 24.3. The van der Waals surface area contributed by atoms with Crippen LogP contribution >= 0.6 is 11.8 Å². The Morgan fingerprint density at radius 3 is 2.29 bits per heavy atom. The van der Waals surface area contributed by atoms with Crippen molar-refractivity contribution in [3.8, 4) is 0 Å². The second kappa shape index (κ2) is 17.7. The number of thioether (sulfide) groups is 1. The van der Waals surface area contributed by atoms with Crippen molar-refractivity contribution in [3.63, 3.8) is 0 Å². The zero-order valence-corrected chi connectivity index (χ0v) is 37.5. The molecule has 10 heteroatoms. The number of piperazine rings is 1. The molecule has 1 heterocycles. The third-order valence-electron chi connectivity index (χ3n) is 13.8. The van der Waals surface area contributed by atoms with Crippen molar-refractivity contribution in [2.75, 3.05) is 68.8 Å².